The van der Waals surface area contributed by atoms with E-state index in [1.807, 2.05) is 94.6 Å². The molecule has 2 saturated heterocycles. The molecule has 17 heteroatoms. The number of carbonyl (C=O) groups excluding carboxylic acids is 2. The quantitative estimate of drug-likeness (QED) is 0.190. The molecular formula is C49H49N13O4. The van der Waals surface area contributed by atoms with Crippen LogP contribution in [0.1, 0.15) is 39.8 Å². The molecule has 1 N–H and O–H groups in total. The van der Waals surface area contributed by atoms with Crippen LogP contribution in [-0.4, -0.2) is 116 Å². The molecule has 4 aliphatic rings. The molecule has 7 aromatic rings. The van der Waals surface area contributed by atoms with Crippen LogP contribution in [-0.2, 0) is 40.3 Å². The van der Waals surface area contributed by atoms with Crippen LogP contribution in [0.25, 0.3) is 28.5 Å². The lowest BCUT2D eigenvalue weighted by Gasteiger charge is -2.34. The Labute approximate surface area is 382 Å². The Morgan fingerprint density at radius 2 is 1.29 bits per heavy atom. The van der Waals surface area contributed by atoms with Crippen LogP contribution in [0, 0.1) is 0 Å². The molecular weight excluding hydrogens is 835 g/mol. The summed E-state index contributed by atoms with van der Waals surface area (Å²) < 4.78 is 13.0. The number of benzene rings is 3. The van der Waals surface area contributed by atoms with Gasteiger partial charge in [0, 0.05) is 98.9 Å². The van der Waals surface area contributed by atoms with E-state index >= 15 is 0 Å². The molecule has 0 unspecified atom stereocenters. The number of morpholine rings is 2. The highest BCUT2D eigenvalue weighted by molar-refractivity contribution is 5.98. The largest absolute Gasteiger partial charge is 0.378 e. The van der Waals surface area contributed by atoms with Gasteiger partial charge in [0.1, 0.15) is 17.3 Å². The molecule has 0 bridgehead atoms. The second-order valence-electron chi connectivity index (χ2n) is 16.3. The Balaban J connectivity index is 0.000000155. The van der Waals surface area contributed by atoms with Gasteiger partial charge in [-0.05, 0) is 72.6 Å². The van der Waals surface area contributed by atoms with Gasteiger partial charge in [-0.2, -0.15) is 5.10 Å². The summed E-state index contributed by atoms with van der Waals surface area (Å²) in [6.45, 7) is 9.80. The van der Waals surface area contributed by atoms with E-state index in [4.69, 9.17) is 29.4 Å². The Kier molecular flexibility index (Phi) is 12.3. The normalized spacial score (nSPS) is 15.7. The molecule has 11 rings (SSSR count). The third-order valence-corrected chi connectivity index (χ3v) is 11.9. The van der Waals surface area contributed by atoms with Gasteiger partial charge in [-0.15, -0.1) is 0 Å². The fraction of sp³-hybridized carbons (Fsp3) is 0.286. The van der Waals surface area contributed by atoms with Crippen LogP contribution in [0.15, 0.2) is 116 Å². The number of ether oxygens (including phenoxy) is 2. The van der Waals surface area contributed by atoms with Gasteiger partial charge in [-0.3, -0.25) is 9.59 Å². The first kappa shape index (κ1) is 42.3. The van der Waals surface area contributed by atoms with Crippen molar-refractivity contribution in [1.82, 2.24) is 44.6 Å². The molecule has 4 aromatic heterocycles. The van der Waals surface area contributed by atoms with Crippen molar-refractivity contribution in [3.63, 3.8) is 0 Å². The molecule has 3 aromatic carbocycles. The molecule has 66 heavy (non-hydrogen) atoms. The van der Waals surface area contributed by atoms with Crippen molar-refractivity contribution in [3.8, 4) is 28.5 Å². The summed E-state index contributed by atoms with van der Waals surface area (Å²) in [5.74, 6) is 3.59. The summed E-state index contributed by atoms with van der Waals surface area (Å²) in [6, 6.07) is 29.3. The molecule has 0 aliphatic carbocycles. The Bertz CT molecular complexity index is 2780. The predicted octanol–water partition coefficient (Wildman–Crippen LogP) is 5.61. The number of rotatable bonds is 9. The minimum Gasteiger partial charge on any atom is -0.378 e. The number of carbonyl (C=O) groups is 2. The molecule has 4 aliphatic heterocycles. The van der Waals surface area contributed by atoms with Gasteiger partial charge in [-0.1, -0.05) is 30.3 Å². The average Bonchev–Trinajstić information content (AvgIpc) is 4.03. The molecule has 17 nitrogen and oxygen atoms in total. The van der Waals surface area contributed by atoms with E-state index in [-0.39, 0.29) is 11.8 Å². The smallest absolute Gasteiger partial charge is 0.273 e. The van der Waals surface area contributed by atoms with Crippen LogP contribution in [0.5, 0.6) is 0 Å². The van der Waals surface area contributed by atoms with Crippen molar-refractivity contribution < 1.29 is 19.1 Å². The number of aromatic nitrogens is 8. The first-order valence-corrected chi connectivity index (χ1v) is 22.2. The minimum atomic E-state index is -0.129. The zero-order valence-corrected chi connectivity index (χ0v) is 36.7. The molecule has 2 fully saturated rings. The minimum absolute atomic E-state index is 0.0816. The van der Waals surface area contributed by atoms with E-state index in [1.54, 1.807) is 18.6 Å². The maximum Gasteiger partial charge on any atom is 0.273 e. The van der Waals surface area contributed by atoms with Crippen molar-refractivity contribution in [3.05, 3.63) is 144 Å². The molecule has 2 amide bonds. The van der Waals surface area contributed by atoms with Gasteiger partial charge in [0.25, 0.3) is 5.91 Å². The summed E-state index contributed by atoms with van der Waals surface area (Å²) in [5, 5.41) is 7.07. The second kappa shape index (κ2) is 19.2. The van der Waals surface area contributed by atoms with E-state index in [1.165, 1.54) is 12.5 Å². The van der Waals surface area contributed by atoms with Crippen molar-refractivity contribution in [1.29, 1.82) is 0 Å². The zero-order chi connectivity index (χ0) is 44.8. The summed E-state index contributed by atoms with van der Waals surface area (Å²) in [6.07, 6.45) is 8.13. The van der Waals surface area contributed by atoms with E-state index in [0.29, 0.717) is 50.1 Å². The summed E-state index contributed by atoms with van der Waals surface area (Å²) in [5.41, 5.74) is 8.14. The lowest BCUT2D eigenvalue weighted by molar-refractivity contribution is -0.114. The van der Waals surface area contributed by atoms with E-state index < -0.39 is 0 Å². The SMILES string of the molecule is CC(=O)Nc1ccc(-c2nc3c(c(N4CCOCC4)n2)CN(Cc2ccccc2)C3=O)cc1.c1cnc(N2CCc3c(nc(-c4ccc(-n5cccn5)cc4)nc3N3CCOCC3)C2)nc1. The number of nitrogens with zero attached hydrogens (tertiary/aromatic N) is 12. The van der Waals surface area contributed by atoms with Crippen molar-refractivity contribution in [2.24, 2.45) is 0 Å². The first-order chi connectivity index (χ1) is 32.4. The second-order valence-corrected chi connectivity index (χ2v) is 16.3. The summed E-state index contributed by atoms with van der Waals surface area (Å²) in [7, 11) is 0. The van der Waals surface area contributed by atoms with Crippen LogP contribution >= 0.6 is 0 Å². The molecule has 0 spiro atoms. The number of anilines is 4. The van der Waals surface area contributed by atoms with Crippen LogP contribution in [0.4, 0.5) is 23.3 Å². The van der Waals surface area contributed by atoms with Crippen LogP contribution in [0.2, 0.25) is 0 Å². The molecule has 0 atom stereocenters. The molecule has 0 radical (unpaired) electrons. The van der Waals surface area contributed by atoms with Gasteiger partial charge >= 0.3 is 0 Å². The maximum absolute atomic E-state index is 13.3. The Morgan fingerprint density at radius 1 is 0.652 bits per heavy atom. The fourth-order valence-electron chi connectivity index (χ4n) is 8.60. The number of fused-ring (bicyclic) bond motifs is 2. The van der Waals surface area contributed by atoms with Crippen LogP contribution in [0.3, 0.4) is 0 Å². The number of nitrogens with one attached hydrogen (secondary N) is 1. The lowest BCUT2D eigenvalue weighted by Crippen LogP contribution is -2.39. The van der Waals surface area contributed by atoms with E-state index in [2.05, 4.69) is 47.2 Å². The van der Waals surface area contributed by atoms with Crippen molar-refractivity contribution in [2.45, 2.75) is 33.0 Å². The highest BCUT2D eigenvalue weighted by Gasteiger charge is 2.35. The van der Waals surface area contributed by atoms with Gasteiger partial charge in [0.2, 0.25) is 11.9 Å². The molecule has 0 saturated carbocycles. The number of amides is 2. The third kappa shape index (κ3) is 9.29. The average molecular weight is 884 g/mol. The van der Waals surface area contributed by atoms with Crippen molar-refractivity contribution >= 4 is 35.1 Å². The first-order valence-electron chi connectivity index (χ1n) is 22.2. The Hall–Kier alpha value is -7.63. The third-order valence-electron chi connectivity index (χ3n) is 11.9. The maximum atomic E-state index is 13.3. The van der Waals surface area contributed by atoms with Gasteiger partial charge < -0.3 is 34.4 Å². The topological polar surface area (TPSA) is 173 Å². The Morgan fingerprint density at radius 3 is 1.92 bits per heavy atom. The van der Waals surface area contributed by atoms with Crippen LogP contribution < -0.4 is 20.0 Å². The van der Waals surface area contributed by atoms with Crippen molar-refractivity contribution in [2.75, 3.05) is 79.2 Å². The summed E-state index contributed by atoms with van der Waals surface area (Å²) in [4.78, 5) is 61.7. The fourth-order valence-corrected chi connectivity index (χ4v) is 8.60. The van der Waals surface area contributed by atoms with E-state index in [9.17, 15) is 9.59 Å². The standard InChI is InChI=1S/C25H25N5O3.C24H24N8O/c1-17(31)26-20-9-7-19(8-10-20)23-27-22-21(24(28-23)29-11-13-33-14-12-29)16-30(25(22)32)15-18-5-3-2-4-6-18;1-8-25-24(26-9-1)31-12-7-20-21(17-31)28-22(29-23(20)30-13-15-33-16-14-30)18-3-5-19(6-4-18)32-11-2-10-27-32/h2-10H,11-16H2,1H3,(H,26,31);1-6,8-11H,7,12-17H2. The van der Waals surface area contributed by atoms with Gasteiger partial charge in [-0.25, -0.2) is 34.6 Å². The number of hydrogen-bond acceptors (Lipinski definition) is 14. The summed E-state index contributed by atoms with van der Waals surface area (Å²) >= 11 is 0. The highest BCUT2D eigenvalue weighted by atomic mass is 16.5. The lowest BCUT2D eigenvalue weighted by atomic mass is 10.0. The van der Waals surface area contributed by atoms with Gasteiger partial charge in [0.15, 0.2) is 11.6 Å². The molecule has 334 valence electrons. The molecule has 8 heterocycles. The monoisotopic (exact) mass is 883 g/mol. The predicted molar refractivity (Wildman–Crippen MR) is 249 cm³/mol. The highest BCUT2D eigenvalue weighted by Crippen LogP contribution is 2.34. The van der Waals surface area contributed by atoms with Gasteiger partial charge in [0.05, 0.1) is 50.9 Å². The number of hydrogen-bond donors (Lipinski definition) is 1. The zero-order valence-electron chi connectivity index (χ0n) is 36.7. The van der Waals surface area contributed by atoms with E-state index in [0.717, 1.165) is 109 Å².